The van der Waals surface area contributed by atoms with Crippen molar-refractivity contribution in [3.63, 3.8) is 0 Å². The Bertz CT molecular complexity index is 6190. The highest BCUT2D eigenvalue weighted by Gasteiger charge is 2.23. The summed E-state index contributed by atoms with van der Waals surface area (Å²) in [6.07, 6.45) is 3.43. The Morgan fingerprint density at radius 3 is 1.35 bits per heavy atom. The van der Waals surface area contributed by atoms with Crippen LogP contribution in [0.1, 0.15) is 12.8 Å². The number of benzene rings is 10. The number of diazo groups is 2. The molecule has 0 saturated heterocycles. The van der Waals surface area contributed by atoms with Gasteiger partial charge in [-0.05, 0) is 176 Å². The van der Waals surface area contributed by atoms with E-state index in [1.807, 2.05) is 54.6 Å². The molecule has 0 unspecified atom stereocenters. The van der Waals surface area contributed by atoms with E-state index in [1.165, 1.54) is 102 Å². The Morgan fingerprint density at radius 1 is 0.450 bits per heavy atom. The van der Waals surface area contributed by atoms with Gasteiger partial charge in [0.25, 0.3) is 31.4 Å². The quantitative estimate of drug-likeness (QED) is 0.0276. The molecule has 20 N–H and O–H groups in total. The van der Waals surface area contributed by atoms with Gasteiger partial charge in [-0.15, -0.1) is 5.11 Å². The van der Waals surface area contributed by atoms with Crippen molar-refractivity contribution in [2.45, 2.75) is 38.3 Å². The Hall–Kier alpha value is -11.7. The maximum atomic E-state index is 12.8. The van der Waals surface area contributed by atoms with Crippen LogP contribution in [0, 0.1) is 24.6 Å². The van der Waals surface area contributed by atoms with Crippen molar-refractivity contribution in [2.75, 3.05) is 11.5 Å². The highest BCUT2D eigenvalue weighted by atomic mass is 35.5. The highest BCUT2D eigenvalue weighted by Crippen LogP contribution is 2.49. The number of nitrogens with zero attached hydrogens (tertiary/aromatic N) is 10. The molecule has 34 nitrogen and oxygen atoms in total. The Balaban J connectivity index is 0.000000215. The lowest BCUT2D eigenvalue weighted by atomic mass is 10.1. The van der Waals surface area contributed by atoms with Gasteiger partial charge in [-0.2, -0.15) is 21.9 Å². The van der Waals surface area contributed by atoms with E-state index in [1.54, 1.807) is 50.5 Å². The van der Waals surface area contributed by atoms with Crippen molar-refractivity contribution < 1.29 is 108 Å². The smallest absolute Gasteiger partial charge is 0.410 e. The molecule has 4 heterocycles. The molecule has 0 spiro atoms. The van der Waals surface area contributed by atoms with Crippen LogP contribution in [0.5, 0.6) is 17.2 Å². The summed E-state index contributed by atoms with van der Waals surface area (Å²) >= 11 is 0. The molecule has 0 aliphatic heterocycles. The second kappa shape index (κ2) is 34.9. The minimum absolute atomic E-state index is 0. The normalized spacial score (nSPS) is 11.8. The molecular formula is C68H64Cl2N14O20S5. The van der Waals surface area contributed by atoms with Crippen LogP contribution >= 0.6 is 32.6 Å². The van der Waals surface area contributed by atoms with Gasteiger partial charge in [0, 0.05) is 76.4 Å². The largest absolute Gasteiger partial charge is 1.00 e. The second-order valence-corrected chi connectivity index (χ2v) is 30.0. The van der Waals surface area contributed by atoms with E-state index in [2.05, 4.69) is 40.3 Å². The first-order valence-corrected chi connectivity index (χ1v) is 37.6. The molecule has 0 bridgehead atoms. The summed E-state index contributed by atoms with van der Waals surface area (Å²) in [5.74, 6) is -0.605. The molecule has 14 aromatic rings. The van der Waals surface area contributed by atoms with E-state index in [9.17, 15) is 55.4 Å². The summed E-state index contributed by atoms with van der Waals surface area (Å²) in [4.78, 5) is 37.5. The maximum absolute atomic E-state index is 12.8. The molecule has 0 atom stereocenters. The number of pyridine rings is 2. The van der Waals surface area contributed by atoms with Crippen molar-refractivity contribution in [1.82, 2.24) is 29.5 Å². The van der Waals surface area contributed by atoms with E-state index in [0.29, 0.717) is 66.5 Å². The number of azo groups is 1. The van der Waals surface area contributed by atoms with Crippen LogP contribution in [-0.2, 0) is 20.2 Å². The van der Waals surface area contributed by atoms with Crippen molar-refractivity contribution >= 4 is 141 Å². The second-order valence-electron chi connectivity index (χ2n) is 22.6. The number of nitrogen functional groups attached to an aromatic ring is 2. The van der Waals surface area contributed by atoms with Gasteiger partial charge >= 0.3 is 11.4 Å². The first-order valence-electron chi connectivity index (χ1n) is 30.2. The van der Waals surface area contributed by atoms with Crippen molar-refractivity contribution in [1.29, 1.82) is 10.8 Å². The zero-order valence-corrected chi connectivity index (χ0v) is 61.5. The third-order valence-corrected chi connectivity index (χ3v) is 19.4. The fourth-order valence-electron chi connectivity index (χ4n) is 10.0. The number of nitrogens with one attached hydrogen (secondary N) is 2. The number of phenolic OH excluding ortho intramolecular Hbond substituents is 3. The summed E-state index contributed by atoms with van der Waals surface area (Å²) in [6, 6.07) is 51.6. The minimum atomic E-state index is -4.37. The molecule has 4 aromatic heterocycles. The number of nitrogens with two attached hydrogens (primary N) is 2. The Labute approximate surface area is 635 Å². The van der Waals surface area contributed by atoms with Gasteiger partial charge < -0.3 is 92.6 Å². The molecule has 0 radical (unpaired) electrons. The molecule has 0 aliphatic rings. The predicted octanol–water partition coefficient (Wildman–Crippen LogP) is 10.4. The Kier molecular flexibility index (Phi) is 27.1. The number of fused-ring (bicyclic) bond motifs is 5. The zero-order chi connectivity index (χ0) is 78.1. The molecule has 10 aromatic carbocycles. The maximum Gasteiger partial charge on any atom is 0.410 e. The van der Waals surface area contributed by atoms with Gasteiger partial charge in [-0.25, -0.2) is 14.3 Å². The third kappa shape index (κ3) is 21.4. The number of aromatic nitrogens is 6. The van der Waals surface area contributed by atoms with Crippen LogP contribution < -0.4 is 47.4 Å². The number of hydrogen-bond acceptors (Lipinski definition) is 26. The average Bonchev–Trinajstić information content (AvgIpc) is 1.27. The first kappa shape index (κ1) is 84.6. The predicted molar refractivity (Wildman–Crippen MR) is 408 cm³/mol. The number of aromatic hydroxyl groups is 3. The number of H-pyrrole nitrogens is 2. The van der Waals surface area contributed by atoms with Crippen LogP contribution in [-0.4, -0.2) is 112 Å². The molecule has 14 rings (SSSR count). The number of halogens is 2. The standard InChI is InChI=1S/C20H18N4O8S2.C10H10N2O4S.C10H8N2O4S.C10H11NO4S.C9H6N3.C9H8N2.2ClH.H2/c1-11-19(20(26)24(23-11)14-3-5-15(6-4-14)33(27,28)29)22-21-13-2-7-17-12(8-13)9-16(10-18(17)25)34(30,31)32;1-7-6-10(13)12(11-7)8-2-4-9(5-3-8)17(14,15)16;11-12-7-1-2-9-6(3-7)4-8(5-10(9)13)17(14,15)16;11-7-1-2-9-6(3-7)4-8(5-10(9)12)16(13,14)15;10-12-8-5-1-3-7-4-2-6-11-9(7)8;10-8-5-1-3-7-4-2-6-11-9(7)8;;;/h2-10,23,25,30-32H,1H3,(H,27,28,29);2-6,11H,1H3,(H,14,15,16);1-5H,(H3-,13,14,15,16);1-5,12-15H,11H2;1-6H;1-6H,10H2;3*1H/q;;;;+1;;;;/p-1. The topological polar surface area (TPSA) is 586 Å². The lowest BCUT2D eigenvalue weighted by Gasteiger charge is -2.20. The van der Waals surface area contributed by atoms with E-state index < -0.39 is 58.4 Å². The zero-order valence-electron chi connectivity index (χ0n) is 55.9. The number of para-hydroxylation sites is 2. The monoisotopic (exact) mass is 1630 g/mol. The fraction of sp³-hybridized carbons (Fsp3) is 0.0294. The van der Waals surface area contributed by atoms with Gasteiger partial charge in [-0.1, -0.05) is 36.4 Å². The first-order chi connectivity index (χ1) is 50.3. The van der Waals surface area contributed by atoms with E-state index in [4.69, 9.17) is 58.7 Å². The number of aryl methyl sites for hydroxylation is 2. The molecule has 0 fully saturated rings. The lowest BCUT2D eigenvalue weighted by Crippen LogP contribution is -3.00. The number of phenols is 3. The molecule has 109 heavy (non-hydrogen) atoms. The molecule has 0 amide bonds. The summed E-state index contributed by atoms with van der Waals surface area (Å²) < 4.78 is 147. The van der Waals surface area contributed by atoms with E-state index in [0.717, 1.165) is 62.5 Å². The van der Waals surface area contributed by atoms with Crippen LogP contribution in [0.4, 0.5) is 34.1 Å². The number of aromatic amines is 2. The third-order valence-electron chi connectivity index (χ3n) is 15.1. The van der Waals surface area contributed by atoms with Crippen molar-refractivity contribution in [3.8, 4) is 28.6 Å². The summed E-state index contributed by atoms with van der Waals surface area (Å²) in [5.41, 5.74) is 16.2. The summed E-state index contributed by atoms with van der Waals surface area (Å²) in [7, 11) is -20.3. The van der Waals surface area contributed by atoms with Gasteiger partial charge in [-0.3, -0.25) is 33.9 Å². The molecule has 0 saturated carbocycles. The van der Waals surface area contributed by atoms with E-state index in [-0.39, 0.29) is 90.6 Å². The molecule has 0 aliphatic carbocycles. The van der Waals surface area contributed by atoms with Gasteiger partial charge in [0.1, 0.15) is 49.9 Å². The van der Waals surface area contributed by atoms with Gasteiger partial charge in [0.05, 0.1) is 58.4 Å². The highest BCUT2D eigenvalue weighted by molar-refractivity contribution is 8.20. The van der Waals surface area contributed by atoms with E-state index >= 15 is 0 Å². The van der Waals surface area contributed by atoms with Gasteiger partial charge in [0.15, 0.2) is 21.2 Å². The molecule has 41 heteroatoms. The average molecular weight is 1630 g/mol. The SMILES string of the molecule is Cc1[nH]n(-c2ccc(S(=O)(=O)O)cc2)c(=O)c1N=Nc1ccc2c(O)cc(S(O)(O)O)cc2c1.Cc1cc(=O)n(-c2ccc(S(=O)(=O)O)cc2)[nH]1.N#[N+]c1ccc2c(O)cc(S(O)(O)O)cc2c1.N#[N+]c1cccc2cccnc12.Nc1ccc2c(O)cc(S(O)(O)O)cc2c1.Nc1cccc2cccnc12.[Cl-].[Cl-].[HH]. The fourth-order valence-corrected chi connectivity index (χ4v) is 12.7. The van der Waals surface area contributed by atoms with Crippen molar-refractivity contribution in [3.05, 3.63) is 261 Å². The molecule has 570 valence electrons. The number of hydrogen-bond donors (Lipinski definition) is 18. The minimum Gasteiger partial charge on any atom is -1.00 e. The Morgan fingerprint density at radius 2 is 0.890 bits per heavy atom. The van der Waals surface area contributed by atoms with Crippen LogP contribution in [0.15, 0.2) is 263 Å². The lowest BCUT2D eigenvalue weighted by molar-refractivity contribution is -0.001000. The number of rotatable bonds is 9. The van der Waals surface area contributed by atoms with Crippen LogP contribution in [0.3, 0.4) is 0 Å². The van der Waals surface area contributed by atoms with Crippen LogP contribution in [0.2, 0.25) is 0 Å². The number of anilines is 2. The molecular weight excluding hydrogens is 1560 g/mol. The van der Waals surface area contributed by atoms with Crippen molar-refractivity contribution in [2.24, 2.45) is 10.2 Å². The van der Waals surface area contributed by atoms with Crippen LogP contribution in [0.25, 0.3) is 75.4 Å². The summed E-state index contributed by atoms with van der Waals surface area (Å²) in [6.45, 7) is 3.33. The van der Waals surface area contributed by atoms with Gasteiger partial charge in [0.2, 0.25) is 10.8 Å². The summed E-state index contributed by atoms with van der Waals surface area (Å²) in [5, 5.41) is 65.0.